The molecule has 1 saturated heterocycles. The van der Waals surface area contributed by atoms with Crippen LogP contribution < -0.4 is 5.32 Å². The number of carbonyl (C=O) groups excluding carboxylic acids is 1. The number of para-hydroxylation sites is 1. The van der Waals surface area contributed by atoms with Gasteiger partial charge in [0.1, 0.15) is 9.10 Å². The zero-order chi connectivity index (χ0) is 21.2. The Kier molecular flexibility index (Phi) is 6.44. The molecule has 1 aliphatic heterocycles. The molecule has 2 heterocycles. The zero-order valence-electron chi connectivity index (χ0n) is 16.1. The molecular weight excluding hydrogens is 434 g/mol. The molecule has 1 aromatic heterocycles. The van der Waals surface area contributed by atoms with Crippen LogP contribution in [0, 0.1) is 5.92 Å². The molecular formula is C18H23N3O5S3. The van der Waals surface area contributed by atoms with Gasteiger partial charge in [-0.1, -0.05) is 18.2 Å². The number of hydrogen-bond acceptors (Lipinski definition) is 6. The van der Waals surface area contributed by atoms with E-state index in [0.29, 0.717) is 19.4 Å². The molecule has 1 aliphatic rings. The molecule has 2 aromatic rings. The van der Waals surface area contributed by atoms with Crippen LogP contribution in [-0.2, 0) is 24.8 Å². The number of sulfonamides is 2. The molecule has 158 valence electrons. The number of nitrogens with one attached hydrogen (secondary N) is 1. The van der Waals surface area contributed by atoms with Gasteiger partial charge in [0, 0.05) is 27.2 Å². The predicted octanol–water partition coefficient (Wildman–Crippen LogP) is 2.04. The van der Waals surface area contributed by atoms with Crippen molar-refractivity contribution in [2.75, 3.05) is 32.5 Å². The van der Waals surface area contributed by atoms with Crippen molar-refractivity contribution in [3.05, 3.63) is 41.8 Å². The summed E-state index contributed by atoms with van der Waals surface area (Å²) in [5, 5.41) is 4.38. The van der Waals surface area contributed by atoms with E-state index in [1.165, 1.54) is 30.5 Å². The minimum atomic E-state index is -3.73. The van der Waals surface area contributed by atoms with Crippen LogP contribution in [0.1, 0.15) is 12.8 Å². The van der Waals surface area contributed by atoms with Crippen molar-refractivity contribution < 1.29 is 21.6 Å². The Morgan fingerprint density at radius 3 is 2.52 bits per heavy atom. The lowest BCUT2D eigenvalue weighted by Crippen LogP contribution is -2.43. The summed E-state index contributed by atoms with van der Waals surface area (Å²) in [4.78, 5) is 12.8. The van der Waals surface area contributed by atoms with Gasteiger partial charge < -0.3 is 5.32 Å². The summed E-state index contributed by atoms with van der Waals surface area (Å²) in [5.74, 6) is -0.953. The Hall–Kier alpha value is -1.79. The Morgan fingerprint density at radius 1 is 1.14 bits per heavy atom. The van der Waals surface area contributed by atoms with Crippen molar-refractivity contribution in [3.63, 3.8) is 0 Å². The van der Waals surface area contributed by atoms with Crippen LogP contribution in [0.15, 0.2) is 50.9 Å². The fourth-order valence-corrected chi connectivity index (χ4v) is 6.85. The van der Waals surface area contributed by atoms with E-state index in [1.807, 2.05) is 0 Å². The van der Waals surface area contributed by atoms with Gasteiger partial charge in [-0.25, -0.2) is 21.1 Å². The topological polar surface area (TPSA) is 104 Å². The number of rotatable bonds is 6. The highest BCUT2D eigenvalue weighted by molar-refractivity contribution is 7.91. The molecule has 0 aliphatic carbocycles. The third kappa shape index (κ3) is 4.53. The molecule has 29 heavy (non-hydrogen) atoms. The molecule has 1 amide bonds. The van der Waals surface area contributed by atoms with Gasteiger partial charge in [-0.2, -0.15) is 4.31 Å². The number of thiophene rings is 1. The molecule has 1 fully saturated rings. The Morgan fingerprint density at radius 2 is 1.86 bits per heavy atom. The quantitative estimate of drug-likeness (QED) is 0.715. The molecule has 3 rings (SSSR count). The normalized spacial score (nSPS) is 18.7. The summed E-state index contributed by atoms with van der Waals surface area (Å²) in [7, 11) is -4.53. The van der Waals surface area contributed by atoms with Crippen molar-refractivity contribution in [1.29, 1.82) is 0 Å². The largest absolute Gasteiger partial charge is 0.325 e. The average Bonchev–Trinajstić information content (AvgIpc) is 3.24. The first kappa shape index (κ1) is 21.9. The molecule has 0 bridgehead atoms. The monoisotopic (exact) mass is 457 g/mol. The van der Waals surface area contributed by atoms with Gasteiger partial charge >= 0.3 is 0 Å². The third-order valence-electron chi connectivity index (χ3n) is 4.75. The molecule has 1 unspecified atom stereocenters. The van der Waals surface area contributed by atoms with Gasteiger partial charge in [-0.15, -0.1) is 11.3 Å². The number of anilines is 1. The predicted molar refractivity (Wildman–Crippen MR) is 112 cm³/mol. The third-order valence-corrected chi connectivity index (χ3v) is 9.86. The molecule has 11 heteroatoms. The van der Waals surface area contributed by atoms with Crippen molar-refractivity contribution in [2.24, 2.45) is 5.92 Å². The molecule has 1 atom stereocenters. The highest BCUT2D eigenvalue weighted by Crippen LogP contribution is 2.28. The minimum absolute atomic E-state index is 0.00257. The maximum Gasteiger partial charge on any atom is 0.252 e. The fourth-order valence-electron chi connectivity index (χ4n) is 3.14. The second-order valence-corrected chi connectivity index (χ2v) is 12.1. The Bertz CT molecular complexity index is 1080. The van der Waals surface area contributed by atoms with E-state index in [1.54, 1.807) is 29.6 Å². The van der Waals surface area contributed by atoms with Gasteiger partial charge in [0.15, 0.2) is 0 Å². The SMILES string of the molecule is CN(C)S(=O)(=O)c1ccccc1NC(=O)C1CCCN(S(=O)(=O)c2cccs2)C1. The highest BCUT2D eigenvalue weighted by atomic mass is 32.2. The first-order valence-electron chi connectivity index (χ1n) is 9.00. The lowest BCUT2D eigenvalue weighted by molar-refractivity contribution is -0.120. The smallest absolute Gasteiger partial charge is 0.252 e. The molecule has 0 radical (unpaired) electrons. The second kappa shape index (κ2) is 8.52. The van der Waals surface area contributed by atoms with Crippen LogP contribution in [0.25, 0.3) is 0 Å². The molecule has 0 saturated carbocycles. The van der Waals surface area contributed by atoms with Crippen molar-refractivity contribution in [1.82, 2.24) is 8.61 Å². The van der Waals surface area contributed by atoms with Gasteiger partial charge in [0.25, 0.3) is 10.0 Å². The van der Waals surface area contributed by atoms with E-state index in [-0.39, 0.29) is 21.3 Å². The van der Waals surface area contributed by atoms with Gasteiger partial charge in [-0.3, -0.25) is 4.79 Å². The van der Waals surface area contributed by atoms with E-state index in [0.717, 1.165) is 15.6 Å². The molecule has 1 aromatic carbocycles. The Labute approximate surface area is 175 Å². The first-order chi connectivity index (χ1) is 13.6. The maximum absolute atomic E-state index is 12.8. The lowest BCUT2D eigenvalue weighted by Gasteiger charge is -2.31. The van der Waals surface area contributed by atoms with E-state index in [9.17, 15) is 21.6 Å². The fraction of sp³-hybridized carbons (Fsp3) is 0.389. The number of nitrogens with zero attached hydrogens (tertiary/aromatic N) is 2. The van der Waals surface area contributed by atoms with E-state index < -0.39 is 31.9 Å². The molecule has 8 nitrogen and oxygen atoms in total. The second-order valence-electron chi connectivity index (χ2n) is 6.91. The van der Waals surface area contributed by atoms with Gasteiger partial charge in [0.2, 0.25) is 15.9 Å². The summed E-state index contributed by atoms with van der Waals surface area (Å²) in [6, 6.07) is 9.40. The van der Waals surface area contributed by atoms with E-state index >= 15 is 0 Å². The van der Waals surface area contributed by atoms with Crippen molar-refractivity contribution >= 4 is 43.0 Å². The zero-order valence-corrected chi connectivity index (χ0v) is 18.6. The van der Waals surface area contributed by atoms with Crippen LogP contribution in [-0.4, -0.2) is 58.5 Å². The number of piperidine rings is 1. The Balaban J connectivity index is 1.79. The van der Waals surface area contributed by atoms with Crippen molar-refractivity contribution in [2.45, 2.75) is 21.9 Å². The summed E-state index contributed by atoms with van der Waals surface area (Å²) in [5.41, 5.74) is 0.185. The number of amides is 1. The van der Waals surface area contributed by atoms with E-state index in [2.05, 4.69) is 5.32 Å². The molecule has 1 N–H and O–H groups in total. The number of benzene rings is 1. The van der Waals surface area contributed by atoms with Gasteiger partial charge in [0.05, 0.1) is 11.6 Å². The van der Waals surface area contributed by atoms with E-state index in [4.69, 9.17) is 0 Å². The van der Waals surface area contributed by atoms with Crippen LogP contribution in [0.5, 0.6) is 0 Å². The summed E-state index contributed by atoms with van der Waals surface area (Å²) in [6.07, 6.45) is 1.09. The molecule has 0 spiro atoms. The first-order valence-corrected chi connectivity index (χ1v) is 12.8. The summed E-state index contributed by atoms with van der Waals surface area (Å²) < 4.78 is 53.2. The average molecular weight is 458 g/mol. The maximum atomic E-state index is 12.8. The number of carbonyl (C=O) groups is 1. The highest BCUT2D eigenvalue weighted by Gasteiger charge is 2.34. The lowest BCUT2D eigenvalue weighted by atomic mass is 9.99. The van der Waals surface area contributed by atoms with Crippen LogP contribution in [0.4, 0.5) is 5.69 Å². The van der Waals surface area contributed by atoms with Crippen LogP contribution >= 0.6 is 11.3 Å². The summed E-state index contributed by atoms with van der Waals surface area (Å²) in [6.45, 7) is 0.421. The standard InChI is InChI=1S/C18H23N3O5S3/c1-20(2)28(23,24)16-9-4-3-8-15(16)19-18(22)14-7-5-11-21(13-14)29(25,26)17-10-6-12-27-17/h3-4,6,8-10,12,14H,5,7,11,13H2,1-2H3,(H,19,22). The van der Waals surface area contributed by atoms with Crippen molar-refractivity contribution in [3.8, 4) is 0 Å². The van der Waals surface area contributed by atoms with Crippen LogP contribution in [0.3, 0.4) is 0 Å². The minimum Gasteiger partial charge on any atom is -0.325 e. The summed E-state index contributed by atoms with van der Waals surface area (Å²) >= 11 is 1.14. The van der Waals surface area contributed by atoms with Crippen LogP contribution in [0.2, 0.25) is 0 Å². The van der Waals surface area contributed by atoms with Gasteiger partial charge in [-0.05, 0) is 36.4 Å². The number of hydrogen-bond donors (Lipinski definition) is 1.